The first kappa shape index (κ1) is 16.4. The van der Waals surface area contributed by atoms with Crippen molar-refractivity contribution in [2.75, 3.05) is 0 Å². The second-order valence-corrected chi connectivity index (χ2v) is 6.23. The molecule has 2 heterocycles. The third kappa shape index (κ3) is 4.00. The van der Waals surface area contributed by atoms with E-state index in [4.69, 9.17) is 0 Å². The number of hydrogen-bond acceptors (Lipinski definition) is 5. The quantitative estimate of drug-likeness (QED) is 0.912. The number of aromatic nitrogens is 3. The van der Waals surface area contributed by atoms with Gasteiger partial charge in [0.25, 0.3) is 0 Å². The van der Waals surface area contributed by atoms with Crippen molar-refractivity contribution in [1.29, 1.82) is 0 Å². The lowest BCUT2D eigenvalue weighted by molar-refractivity contribution is -0.122. The number of nitrogens with one attached hydrogen (secondary N) is 1. The molecule has 7 heteroatoms. The maximum absolute atomic E-state index is 12.0. The molecule has 0 aliphatic heterocycles. The molecule has 0 fully saturated rings. The summed E-state index contributed by atoms with van der Waals surface area (Å²) in [4.78, 5) is 32.1. The van der Waals surface area contributed by atoms with Gasteiger partial charge in [-0.3, -0.25) is 9.36 Å². The van der Waals surface area contributed by atoms with Gasteiger partial charge in [-0.2, -0.15) is 4.98 Å². The van der Waals surface area contributed by atoms with Crippen molar-refractivity contribution in [3.05, 3.63) is 44.0 Å². The third-order valence-corrected chi connectivity index (χ3v) is 4.44. The monoisotopic (exact) mass is 320 g/mol. The van der Waals surface area contributed by atoms with Gasteiger partial charge in [-0.15, -0.1) is 11.3 Å². The molecule has 6 nitrogen and oxygen atoms in total. The maximum Gasteiger partial charge on any atom is 0.347 e. The van der Waals surface area contributed by atoms with Crippen LogP contribution in [0.15, 0.2) is 16.2 Å². The lowest BCUT2D eigenvalue weighted by atomic mass is 10.3. The van der Waals surface area contributed by atoms with Gasteiger partial charge in [0, 0.05) is 35.4 Å². The van der Waals surface area contributed by atoms with Gasteiger partial charge >= 0.3 is 5.69 Å². The number of carbonyl (C=O) groups excluding carboxylic acids is 1. The highest BCUT2D eigenvalue weighted by molar-refractivity contribution is 7.09. The molecule has 0 aliphatic rings. The number of carbonyl (C=O) groups is 1. The molecule has 22 heavy (non-hydrogen) atoms. The fourth-order valence-corrected chi connectivity index (χ4v) is 3.01. The first-order chi connectivity index (χ1) is 10.4. The minimum Gasteiger partial charge on any atom is -0.347 e. The lowest BCUT2D eigenvalue weighted by Gasteiger charge is -2.13. The summed E-state index contributed by atoms with van der Waals surface area (Å²) in [6, 6.07) is 1.71. The van der Waals surface area contributed by atoms with E-state index in [1.165, 1.54) is 15.9 Å². The molecular formula is C15H20N4O2S. The van der Waals surface area contributed by atoms with Crippen LogP contribution in [-0.2, 0) is 11.3 Å². The van der Waals surface area contributed by atoms with Crippen molar-refractivity contribution in [1.82, 2.24) is 19.9 Å². The second-order valence-electron chi connectivity index (χ2n) is 5.34. The van der Waals surface area contributed by atoms with Crippen LogP contribution in [0.2, 0.25) is 0 Å². The number of hydrogen-bond donors (Lipinski definition) is 1. The van der Waals surface area contributed by atoms with Gasteiger partial charge in [-0.05, 0) is 33.8 Å². The van der Waals surface area contributed by atoms with Crippen LogP contribution < -0.4 is 11.0 Å². The van der Waals surface area contributed by atoms with E-state index in [2.05, 4.69) is 15.3 Å². The Morgan fingerprint density at radius 1 is 1.32 bits per heavy atom. The third-order valence-electron chi connectivity index (χ3n) is 3.29. The number of aryl methyl sites for hydroxylation is 3. The Balaban J connectivity index is 1.95. The Kier molecular flexibility index (Phi) is 5.07. The minimum absolute atomic E-state index is 0.104. The summed E-state index contributed by atoms with van der Waals surface area (Å²) >= 11 is 1.53. The van der Waals surface area contributed by atoms with E-state index in [1.54, 1.807) is 6.92 Å². The Morgan fingerprint density at radius 2 is 2.05 bits per heavy atom. The van der Waals surface area contributed by atoms with Crippen molar-refractivity contribution in [3.8, 4) is 0 Å². The van der Waals surface area contributed by atoms with Gasteiger partial charge in [0.15, 0.2) is 0 Å². The first-order valence-corrected chi connectivity index (χ1v) is 8.01. The molecule has 1 N–H and O–H groups in total. The zero-order valence-corrected chi connectivity index (χ0v) is 14.0. The number of thiazole rings is 1. The van der Waals surface area contributed by atoms with Crippen LogP contribution in [0.3, 0.4) is 0 Å². The van der Waals surface area contributed by atoms with Crippen LogP contribution in [-0.4, -0.2) is 20.4 Å². The predicted octanol–water partition coefficient (Wildman–Crippen LogP) is 1.89. The SMILES string of the molecule is Cc1csc(C(C)NC(=O)CCn2c(C)cc(C)nc2=O)n1. The molecule has 0 bridgehead atoms. The topological polar surface area (TPSA) is 76.9 Å². The Hall–Kier alpha value is -2.02. The summed E-state index contributed by atoms with van der Waals surface area (Å²) in [5, 5.41) is 5.75. The molecule has 0 spiro atoms. The Bertz CT molecular complexity index is 735. The van der Waals surface area contributed by atoms with Crippen molar-refractivity contribution in [3.63, 3.8) is 0 Å². The number of rotatable bonds is 5. The van der Waals surface area contributed by atoms with Gasteiger partial charge in [-0.1, -0.05) is 0 Å². The fraction of sp³-hybridized carbons (Fsp3) is 0.467. The highest BCUT2D eigenvalue weighted by atomic mass is 32.1. The van der Waals surface area contributed by atoms with E-state index in [-0.39, 0.29) is 24.1 Å². The van der Waals surface area contributed by atoms with Crippen molar-refractivity contribution in [2.45, 2.75) is 46.7 Å². The van der Waals surface area contributed by atoms with Crippen LogP contribution in [0.1, 0.15) is 41.5 Å². The molecule has 2 rings (SSSR count). The molecule has 1 unspecified atom stereocenters. The second kappa shape index (κ2) is 6.83. The van der Waals surface area contributed by atoms with Crippen LogP contribution in [0.25, 0.3) is 0 Å². The summed E-state index contributed by atoms with van der Waals surface area (Å²) in [5.41, 5.74) is 2.15. The van der Waals surface area contributed by atoms with Gasteiger partial charge in [-0.25, -0.2) is 9.78 Å². The summed E-state index contributed by atoms with van der Waals surface area (Å²) in [5.74, 6) is -0.104. The smallest absolute Gasteiger partial charge is 0.347 e. The molecule has 0 radical (unpaired) electrons. The zero-order chi connectivity index (χ0) is 16.3. The van der Waals surface area contributed by atoms with Gasteiger partial charge in [0.2, 0.25) is 5.91 Å². The Morgan fingerprint density at radius 3 is 2.64 bits per heavy atom. The van der Waals surface area contributed by atoms with E-state index in [0.717, 1.165) is 16.4 Å². The standard InChI is InChI=1S/C15H20N4O2S/c1-9-7-11(3)19(15(21)17-9)6-5-13(20)18-12(4)14-16-10(2)8-22-14/h7-8,12H,5-6H2,1-4H3,(H,18,20). The molecule has 1 atom stereocenters. The van der Waals surface area contributed by atoms with Crippen LogP contribution in [0.5, 0.6) is 0 Å². The average molecular weight is 320 g/mol. The van der Waals surface area contributed by atoms with Crippen LogP contribution in [0, 0.1) is 20.8 Å². The molecule has 0 aromatic carbocycles. The molecule has 0 saturated heterocycles. The van der Waals surface area contributed by atoms with Crippen molar-refractivity contribution >= 4 is 17.2 Å². The molecule has 2 aromatic heterocycles. The first-order valence-electron chi connectivity index (χ1n) is 7.13. The van der Waals surface area contributed by atoms with Crippen LogP contribution >= 0.6 is 11.3 Å². The zero-order valence-electron chi connectivity index (χ0n) is 13.2. The predicted molar refractivity (Wildman–Crippen MR) is 86.0 cm³/mol. The average Bonchev–Trinajstić information content (AvgIpc) is 2.84. The van der Waals surface area contributed by atoms with Gasteiger partial charge in [0.1, 0.15) is 5.01 Å². The number of nitrogens with zero attached hydrogens (tertiary/aromatic N) is 3. The van der Waals surface area contributed by atoms with E-state index >= 15 is 0 Å². The summed E-state index contributed by atoms with van der Waals surface area (Å²) in [6.45, 7) is 7.78. The molecule has 1 amide bonds. The minimum atomic E-state index is -0.311. The van der Waals surface area contributed by atoms with Crippen LogP contribution in [0.4, 0.5) is 0 Å². The maximum atomic E-state index is 12.0. The molecule has 0 aliphatic carbocycles. The summed E-state index contributed by atoms with van der Waals surface area (Å²) in [6.07, 6.45) is 0.236. The van der Waals surface area contributed by atoms with Crippen molar-refractivity contribution < 1.29 is 4.79 Å². The Labute approximate surface area is 133 Å². The summed E-state index contributed by atoms with van der Waals surface area (Å²) in [7, 11) is 0. The highest BCUT2D eigenvalue weighted by Crippen LogP contribution is 2.17. The van der Waals surface area contributed by atoms with Crippen molar-refractivity contribution in [2.24, 2.45) is 0 Å². The highest BCUT2D eigenvalue weighted by Gasteiger charge is 2.13. The fourth-order valence-electron chi connectivity index (χ4n) is 2.21. The van der Waals surface area contributed by atoms with E-state index in [9.17, 15) is 9.59 Å². The summed E-state index contributed by atoms with van der Waals surface area (Å²) < 4.78 is 1.52. The van der Waals surface area contributed by atoms with E-state index < -0.39 is 0 Å². The molecular weight excluding hydrogens is 300 g/mol. The molecule has 2 aromatic rings. The normalized spacial score (nSPS) is 12.2. The van der Waals surface area contributed by atoms with Gasteiger partial charge in [0.05, 0.1) is 6.04 Å². The molecule has 118 valence electrons. The lowest BCUT2D eigenvalue weighted by Crippen LogP contribution is -2.31. The number of amides is 1. The van der Waals surface area contributed by atoms with Gasteiger partial charge < -0.3 is 5.32 Å². The largest absolute Gasteiger partial charge is 0.347 e. The van der Waals surface area contributed by atoms with E-state index in [0.29, 0.717) is 12.2 Å². The van der Waals surface area contributed by atoms with E-state index in [1.807, 2.05) is 32.2 Å². The molecule has 0 saturated carbocycles.